The first kappa shape index (κ1) is 13.1. The fourth-order valence-corrected chi connectivity index (χ4v) is 4.07. The largest absolute Gasteiger partial charge is 0.460 e. The van der Waals surface area contributed by atoms with Gasteiger partial charge in [0, 0.05) is 17.0 Å². The summed E-state index contributed by atoms with van der Waals surface area (Å²) in [5, 5.41) is 0. The van der Waals surface area contributed by atoms with E-state index < -0.39 is 0 Å². The van der Waals surface area contributed by atoms with Gasteiger partial charge >= 0.3 is 0 Å². The van der Waals surface area contributed by atoms with E-state index in [1.165, 1.54) is 21.2 Å². The molecule has 0 saturated carbocycles. The first-order chi connectivity index (χ1) is 10.2. The predicted molar refractivity (Wildman–Crippen MR) is 90.4 cm³/mol. The monoisotopic (exact) mass is 340 g/mol. The van der Waals surface area contributed by atoms with Crippen LogP contribution >= 0.6 is 15.9 Å². The van der Waals surface area contributed by atoms with Gasteiger partial charge in [-0.2, -0.15) is 0 Å². The molecule has 0 bridgehead atoms. The molecule has 0 aromatic heterocycles. The summed E-state index contributed by atoms with van der Waals surface area (Å²) < 4.78 is 7.48. The molecule has 1 aliphatic heterocycles. The van der Waals surface area contributed by atoms with Crippen molar-refractivity contribution >= 4 is 21.5 Å². The molecule has 21 heavy (non-hydrogen) atoms. The van der Waals surface area contributed by atoms with Gasteiger partial charge in [-0.3, -0.25) is 0 Å². The summed E-state index contributed by atoms with van der Waals surface area (Å²) in [6.07, 6.45) is 12.9. The number of ether oxygens (including phenoxy) is 1. The lowest BCUT2D eigenvalue weighted by Crippen LogP contribution is -2.03. The highest BCUT2D eigenvalue weighted by Gasteiger charge is 2.32. The van der Waals surface area contributed by atoms with Crippen LogP contribution in [0, 0.1) is 5.92 Å². The molecule has 0 spiro atoms. The normalized spacial score (nSPS) is 26.3. The maximum absolute atomic E-state index is 6.21. The molecule has 2 aliphatic carbocycles. The Bertz CT molecular complexity index is 721. The van der Waals surface area contributed by atoms with E-state index >= 15 is 0 Å². The summed E-state index contributed by atoms with van der Waals surface area (Å²) in [7, 11) is 0. The van der Waals surface area contributed by atoms with Crippen molar-refractivity contribution in [2.75, 3.05) is 0 Å². The molecule has 1 aromatic rings. The van der Waals surface area contributed by atoms with Gasteiger partial charge in [0.05, 0.1) is 0 Å². The number of rotatable bonds is 1. The second-order valence-electron chi connectivity index (χ2n) is 5.95. The van der Waals surface area contributed by atoms with Crippen molar-refractivity contribution in [3.05, 3.63) is 69.9 Å². The minimum absolute atomic E-state index is 0.409. The molecule has 106 valence electrons. The van der Waals surface area contributed by atoms with Gasteiger partial charge in [0.2, 0.25) is 0 Å². The van der Waals surface area contributed by atoms with E-state index in [0.29, 0.717) is 11.8 Å². The van der Waals surface area contributed by atoms with Crippen LogP contribution in [0.25, 0.3) is 5.57 Å². The van der Waals surface area contributed by atoms with Crippen molar-refractivity contribution < 1.29 is 4.74 Å². The van der Waals surface area contributed by atoms with Gasteiger partial charge in [0.25, 0.3) is 0 Å². The number of benzene rings is 1. The van der Waals surface area contributed by atoms with Crippen LogP contribution in [-0.4, -0.2) is 0 Å². The van der Waals surface area contributed by atoms with Gasteiger partial charge in [-0.15, -0.1) is 0 Å². The molecule has 0 N–H and O–H groups in total. The van der Waals surface area contributed by atoms with Crippen LogP contribution in [-0.2, 0) is 0 Å². The summed E-state index contributed by atoms with van der Waals surface area (Å²) >= 11 is 3.61. The highest BCUT2D eigenvalue weighted by atomic mass is 79.9. The van der Waals surface area contributed by atoms with E-state index in [4.69, 9.17) is 4.74 Å². The van der Waals surface area contributed by atoms with Crippen molar-refractivity contribution in [1.82, 2.24) is 0 Å². The third-order valence-corrected chi connectivity index (χ3v) is 5.13. The molecule has 0 radical (unpaired) electrons. The van der Waals surface area contributed by atoms with Gasteiger partial charge in [-0.25, -0.2) is 0 Å². The summed E-state index contributed by atoms with van der Waals surface area (Å²) in [6.45, 7) is 2.28. The lowest BCUT2D eigenvalue weighted by molar-refractivity contribution is 0.424. The molecule has 4 rings (SSSR count). The molecular formula is C19H17BrO. The van der Waals surface area contributed by atoms with Crippen molar-refractivity contribution in [2.24, 2.45) is 5.92 Å². The Morgan fingerprint density at radius 1 is 1.19 bits per heavy atom. The Kier molecular flexibility index (Phi) is 3.15. The highest BCUT2D eigenvalue weighted by Crippen LogP contribution is 2.49. The molecule has 2 atom stereocenters. The molecule has 1 heterocycles. The van der Waals surface area contributed by atoms with Gasteiger partial charge in [0.1, 0.15) is 11.5 Å². The standard InChI is InChI=1S/C19H17BrO/c1-12-11-13(20)9-10-14(12)16-6-4-7-17-15-5-2-3-8-18(15)21-19(16)17/h2-4,6-10,12,15H,5,11H2,1H3. The van der Waals surface area contributed by atoms with E-state index in [2.05, 4.69) is 71.4 Å². The van der Waals surface area contributed by atoms with E-state index in [0.717, 1.165) is 24.4 Å². The quantitative estimate of drug-likeness (QED) is 0.636. The lowest BCUT2D eigenvalue weighted by atomic mass is 9.85. The third-order valence-electron chi connectivity index (χ3n) is 4.54. The lowest BCUT2D eigenvalue weighted by Gasteiger charge is -2.21. The Labute approximate surface area is 133 Å². The smallest absolute Gasteiger partial charge is 0.138 e. The summed E-state index contributed by atoms with van der Waals surface area (Å²) in [6, 6.07) is 6.57. The number of para-hydroxylation sites is 1. The van der Waals surface area contributed by atoms with E-state index in [-0.39, 0.29) is 0 Å². The minimum Gasteiger partial charge on any atom is -0.460 e. The SMILES string of the molecule is CC1CC(Br)=CC=C1c1cccc2c1OC1=CC=CCC12. The van der Waals surface area contributed by atoms with Crippen LogP contribution in [0.1, 0.15) is 36.8 Å². The zero-order chi connectivity index (χ0) is 14.4. The minimum atomic E-state index is 0.409. The van der Waals surface area contributed by atoms with Gasteiger partial charge < -0.3 is 4.74 Å². The molecule has 2 unspecified atom stereocenters. The molecule has 3 aliphatic rings. The number of halogens is 1. The predicted octanol–water partition coefficient (Wildman–Crippen LogP) is 5.71. The van der Waals surface area contributed by atoms with Crippen LogP contribution in [0.4, 0.5) is 0 Å². The van der Waals surface area contributed by atoms with Crippen molar-refractivity contribution in [3.63, 3.8) is 0 Å². The van der Waals surface area contributed by atoms with E-state index in [9.17, 15) is 0 Å². The van der Waals surface area contributed by atoms with Crippen LogP contribution in [0.5, 0.6) is 5.75 Å². The van der Waals surface area contributed by atoms with Crippen LogP contribution < -0.4 is 4.74 Å². The van der Waals surface area contributed by atoms with E-state index in [1.807, 2.05) is 0 Å². The molecule has 0 saturated heterocycles. The highest BCUT2D eigenvalue weighted by molar-refractivity contribution is 9.11. The Hall–Kier alpha value is -1.54. The average molecular weight is 341 g/mol. The van der Waals surface area contributed by atoms with Crippen LogP contribution in [0.2, 0.25) is 0 Å². The van der Waals surface area contributed by atoms with Crippen LogP contribution in [0.15, 0.2) is 58.8 Å². The molecular weight excluding hydrogens is 324 g/mol. The molecule has 0 fully saturated rings. The zero-order valence-corrected chi connectivity index (χ0v) is 13.6. The Morgan fingerprint density at radius 3 is 2.95 bits per heavy atom. The second kappa shape index (κ2) is 5.03. The third kappa shape index (κ3) is 2.13. The Balaban J connectivity index is 1.82. The summed E-state index contributed by atoms with van der Waals surface area (Å²) in [5.74, 6) is 3.09. The van der Waals surface area contributed by atoms with E-state index in [1.54, 1.807) is 0 Å². The first-order valence-electron chi connectivity index (χ1n) is 7.48. The number of allylic oxidation sites excluding steroid dienone is 8. The second-order valence-corrected chi connectivity index (χ2v) is 6.97. The van der Waals surface area contributed by atoms with Gasteiger partial charge in [0.15, 0.2) is 0 Å². The van der Waals surface area contributed by atoms with Crippen molar-refractivity contribution in [3.8, 4) is 5.75 Å². The van der Waals surface area contributed by atoms with Crippen molar-refractivity contribution in [1.29, 1.82) is 0 Å². The summed E-state index contributed by atoms with van der Waals surface area (Å²) in [4.78, 5) is 0. The maximum atomic E-state index is 6.21. The maximum Gasteiger partial charge on any atom is 0.138 e. The number of hydrogen-bond donors (Lipinski definition) is 0. The van der Waals surface area contributed by atoms with Crippen molar-refractivity contribution in [2.45, 2.75) is 25.7 Å². The summed E-state index contributed by atoms with van der Waals surface area (Å²) in [5.41, 5.74) is 3.97. The fourth-order valence-electron chi connectivity index (χ4n) is 3.45. The average Bonchev–Trinajstić information content (AvgIpc) is 2.86. The van der Waals surface area contributed by atoms with Gasteiger partial charge in [-0.05, 0) is 34.9 Å². The molecule has 2 heteroatoms. The topological polar surface area (TPSA) is 9.23 Å². The molecule has 1 nitrogen and oxygen atoms in total. The number of hydrogen-bond acceptors (Lipinski definition) is 1. The van der Waals surface area contributed by atoms with Gasteiger partial charge in [-0.1, -0.05) is 65.4 Å². The molecule has 0 amide bonds. The zero-order valence-electron chi connectivity index (χ0n) is 12.0. The Morgan fingerprint density at radius 2 is 2.10 bits per heavy atom. The van der Waals surface area contributed by atoms with Crippen LogP contribution in [0.3, 0.4) is 0 Å². The fraction of sp³-hybridized carbons (Fsp3) is 0.263. The molecule has 1 aromatic carbocycles. The first-order valence-corrected chi connectivity index (χ1v) is 8.27. The number of fused-ring (bicyclic) bond motifs is 3.